The first-order chi connectivity index (χ1) is 11.0. The van der Waals surface area contributed by atoms with E-state index in [1.54, 1.807) is 17.0 Å². The van der Waals surface area contributed by atoms with Crippen molar-refractivity contribution in [2.45, 2.75) is 37.5 Å². The maximum atomic E-state index is 12.0. The Bertz CT molecular complexity index is 604. The average molecular weight is 376 g/mol. The summed E-state index contributed by atoms with van der Waals surface area (Å²) in [5.74, 6) is -0.0540. The Hall–Kier alpha value is -1.15. The molecule has 0 bridgehead atoms. The minimum atomic E-state index is -3.35. The van der Waals surface area contributed by atoms with E-state index in [0.29, 0.717) is 19.4 Å². The Morgan fingerprint density at radius 1 is 1.21 bits per heavy atom. The summed E-state index contributed by atoms with van der Waals surface area (Å²) in [7, 11) is -3.35. The molecule has 24 heavy (non-hydrogen) atoms. The zero-order chi connectivity index (χ0) is 16.7. The lowest BCUT2D eigenvalue weighted by molar-refractivity contribution is -0.131. The number of nitrogens with zero attached hydrogens (tertiary/aromatic N) is 1. The zero-order valence-corrected chi connectivity index (χ0v) is 15.3. The second-order valence-electron chi connectivity index (χ2n) is 5.92. The molecule has 8 heteroatoms. The Balaban J connectivity index is 0.00000288. The van der Waals surface area contributed by atoms with Crippen LogP contribution in [0.5, 0.6) is 0 Å². The monoisotopic (exact) mass is 375 g/mol. The van der Waals surface area contributed by atoms with Gasteiger partial charge >= 0.3 is 0 Å². The molecule has 1 aliphatic rings. The molecule has 0 saturated carbocycles. The smallest absolute Gasteiger partial charge is 0.239 e. The predicted octanol–water partition coefficient (Wildman–Crippen LogP) is 1.26. The van der Waals surface area contributed by atoms with Gasteiger partial charge in [0.25, 0.3) is 0 Å². The SMILES string of the molecule is Cl.N[C@@H](CCCNS(=O)(=O)Cc1ccccc1)C(=O)N1CCCC1. The topological polar surface area (TPSA) is 92.5 Å². The number of nitrogens with two attached hydrogens (primary N) is 1. The number of amides is 1. The molecule has 0 aliphatic carbocycles. The van der Waals surface area contributed by atoms with Gasteiger partial charge in [-0.3, -0.25) is 4.79 Å². The number of rotatable bonds is 8. The van der Waals surface area contributed by atoms with Gasteiger partial charge in [0.15, 0.2) is 0 Å². The first kappa shape index (κ1) is 20.9. The highest BCUT2D eigenvalue weighted by Crippen LogP contribution is 2.10. The third kappa shape index (κ3) is 6.76. The second kappa shape index (κ2) is 9.98. The lowest BCUT2D eigenvalue weighted by Gasteiger charge is -2.20. The fraction of sp³-hybridized carbons (Fsp3) is 0.562. The fourth-order valence-corrected chi connectivity index (χ4v) is 3.88. The van der Waals surface area contributed by atoms with E-state index < -0.39 is 16.1 Å². The Kier molecular flexibility index (Phi) is 8.69. The molecule has 1 aliphatic heterocycles. The van der Waals surface area contributed by atoms with E-state index in [2.05, 4.69) is 4.72 Å². The van der Waals surface area contributed by atoms with Crippen LogP contribution in [0.2, 0.25) is 0 Å². The van der Waals surface area contributed by atoms with Crippen molar-refractivity contribution in [3.05, 3.63) is 35.9 Å². The molecule has 1 heterocycles. The number of carbonyl (C=O) groups excluding carboxylic acids is 1. The Morgan fingerprint density at radius 2 is 1.83 bits per heavy atom. The summed E-state index contributed by atoms with van der Waals surface area (Å²) < 4.78 is 26.5. The van der Waals surface area contributed by atoms with Crippen LogP contribution in [0.25, 0.3) is 0 Å². The van der Waals surface area contributed by atoms with E-state index in [9.17, 15) is 13.2 Å². The molecule has 0 radical (unpaired) electrons. The van der Waals surface area contributed by atoms with Crippen LogP contribution in [0.4, 0.5) is 0 Å². The Labute approximate surface area is 150 Å². The van der Waals surface area contributed by atoms with E-state index in [1.165, 1.54) is 0 Å². The van der Waals surface area contributed by atoms with Gasteiger partial charge in [0.05, 0.1) is 11.8 Å². The number of benzene rings is 1. The third-order valence-electron chi connectivity index (χ3n) is 3.95. The van der Waals surface area contributed by atoms with Gasteiger partial charge in [-0.1, -0.05) is 30.3 Å². The van der Waals surface area contributed by atoms with Crippen molar-refractivity contribution in [1.29, 1.82) is 0 Å². The molecule has 1 amide bonds. The van der Waals surface area contributed by atoms with Crippen LogP contribution in [0, 0.1) is 0 Å². The molecule has 6 nitrogen and oxygen atoms in total. The van der Waals surface area contributed by atoms with Gasteiger partial charge < -0.3 is 10.6 Å². The van der Waals surface area contributed by atoms with Crippen molar-refractivity contribution < 1.29 is 13.2 Å². The first-order valence-electron chi connectivity index (χ1n) is 8.03. The van der Waals surface area contributed by atoms with Crippen LogP contribution in [0.1, 0.15) is 31.2 Å². The van der Waals surface area contributed by atoms with E-state index in [4.69, 9.17) is 5.73 Å². The molecule has 1 saturated heterocycles. The van der Waals surface area contributed by atoms with Crippen LogP contribution in [0.3, 0.4) is 0 Å². The molecule has 136 valence electrons. The van der Waals surface area contributed by atoms with E-state index >= 15 is 0 Å². The summed E-state index contributed by atoms with van der Waals surface area (Å²) in [5, 5.41) is 0. The molecule has 1 atom stereocenters. The highest BCUT2D eigenvalue weighted by atomic mass is 35.5. The number of carbonyl (C=O) groups is 1. The highest BCUT2D eigenvalue weighted by Gasteiger charge is 2.23. The van der Waals surface area contributed by atoms with Crippen LogP contribution >= 0.6 is 12.4 Å². The normalized spacial score (nSPS) is 15.8. The zero-order valence-electron chi connectivity index (χ0n) is 13.7. The quantitative estimate of drug-likeness (QED) is 0.669. The Morgan fingerprint density at radius 3 is 2.46 bits per heavy atom. The summed E-state index contributed by atoms with van der Waals surface area (Å²) in [6, 6.07) is 8.50. The average Bonchev–Trinajstić information content (AvgIpc) is 3.05. The number of sulfonamides is 1. The van der Waals surface area contributed by atoms with Crippen LogP contribution in [0.15, 0.2) is 30.3 Å². The van der Waals surface area contributed by atoms with Gasteiger partial charge in [-0.25, -0.2) is 13.1 Å². The van der Waals surface area contributed by atoms with Crippen molar-refractivity contribution in [3.63, 3.8) is 0 Å². The summed E-state index contributed by atoms with van der Waals surface area (Å²) in [6.07, 6.45) is 3.12. The minimum absolute atomic E-state index is 0. The number of nitrogens with one attached hydrogen (secondary N) is 1. The molecular formula is C16H26ClN3O3S. The van der Waals surface area contributed by atoms with Crippen molar-refractivity contribution in [3.8, 4) is 0 Å². The summed E-state index contributed by atoms with van der Waals surface area (Å²) >= 11 is 0. The molecule has 1 fully saturated rings. The van der Waals surface area contributed by atoms with E-state index in [0.717, 1.165) is 31.5 Å². The van der Waals surface area contributed by atoms with Gasteiger partial charge in [-0.05, 0) is 31.2 Å². The summed E-state index contributed by atoms with van der Waals surface area (Å²) in [6.45, 7) is 1.88. The lowest BCUT2D eigenvalue weighted by atomic mass is 10.1. The van der Waals surface area contributed by atoms with Gasteiger partial charge in [-0.2, -0.15) is 0 Å². The van der Waals surface area contributed by atoms with Crippen LogP contribution in [-0.2, 0) is 20.6 Å². The van der Waals surface area contributed by atoms with Crippen LogP contribution < -0.4 is 10.5 Å². The largest absolute Gasteiger partial charge is 0.341 e. The maximum Gasteiger partial charge on any atom is 0.239 e. The maximum absolute atomic E-state index is 12.0. The predicted molar refractivity (Wildman–Crippen MR) is 97.3 cm³/mol. The van der Waals surface area contributed by atoms with Gasteiger partial charge in [0, 0.05) is 19.6 Å². The number of halogens is 1. The van der Waals surface area contributed by atoms with Crippen LogP contribution in [-0.4, -0.2) is 44.9 Å². The summed E-state index contributed by atoms with van der Waals surface area (Å²) in [4.78, 5) is 13.8. The van der Waals surface area contributed by atoms with Crippen molar-refractivity contribution >= 4 is 28.3 Å². The molecule has 0 unspecified atom stereocenters. The number of likely N-dealkylation sites (tertiary alicyclic amines) is 1. The minimum Gasteiger partial charge on any atom is -0.341 e. The van der Waals surface area contributed by atoms with E-state index in [-0.39, 0.29) is 24.1 Å². The molecule has 1 aromatic rings. The van der Waals surface area contributed by atoms with E-state index in [1.807, 2.05) is 18.2 Å². The number of hydrogen-bond acceptors (Lipinski definition) is 4. The highest BCUT2D eigenvalue weighted by molar-refractivity contribution is 7.88. The fourth-order valence-electron chi connectivity index (χ4n) is 2.69. The van der Waals surface area contributed by atoms with Crippen molar-refractivity contribution in [1.82, 2.24) is 9.62 Å². The third-order valence-corrected chi connectivity index (χ3v) is 5.31. The molecular weight excluding hydrogens is 350 g/mol. The second-order valence-corrected chi connectivity index (χ2v) is 7.73. The molecule has 0 aromatic heterocycles. The van der Waals surface area contributed by atoms with Gasteiger partial charge in [-0.15, -0.1) is 12.4 Å². The van der Waals surface area contributed by atoms with Crippen molar-refractivity contribution in [2.24, 2.45) is 5.73 Å². The lowest BCUT2D eigenvalue weighted by Crippen LogP contribution is -2.42. The summed E-state index contributed by atoms with van der Waals surface area (Å²) in [5.41, 5.74) is 6.65. The molecule has 0 spiro atoms. The van der Waals surface area contributed by atoms with Crippen molar-refractivity contribution in [2.75, 3.05) is 19.6 Å². The van der Waals surface area contributed by atoms with Gasteiger partial charge in [0.2, 0.25) is 15.9 Å². The van der Waals surface area contributed by atoms with Gasteiger partial charge in [0.1, 0.15) is 0 Å². The number of hydrogen-bond donors (Lipinski definition) is 2. The molecule has 1 aromatic carbocycles. The molecule has 2 rings (SSSR count). The first-order valence-corrected chi connectivity index (χ1v) is 9.69. The standard InChI is InChI=1S/C16H25N3O3S.ClH/c17-15(16(20)19-11-4-5-12-19)9-6-10-18-23(21,22)13-14-7-2-1-3-8-14;/h1-3,7-8,15,18H,4-6,9-13,17H2;1H/t15-;/m0./s1. The molecule has 3 N–H and O–H groups in total.